The van der Waals surface area contributed by atoms with Gasteiger partial charge in [0.2, 0.25) is 0 Å². The van der Waals surface area contributed by atoms with Gasteiger partial charge in [-0.15, -0.1) is 5.10 Å². The Labute approximate surface area is 109 Å². The van der Waals surface area contributed by atoms with E-state index in [1.807, 2.05) is 0 Å². The Kier molecular flexibility index (Phi) is 3.53. The van der Waals surface area contributed by atoms with Crippen LogP contribution in [0.2, 0.25) is 5.02 Å². The minimum absolute atomic E-state index is 0.142. The molecule has 0 amide bonds. The molecule has 0 aliphatic heterocycles. The molecule has 1 aromatic carbocycles. The van der Waals surface area contributed by atoms with Crippen molar-refractivity contribution < 1.29 is 9.53 Å². The van der Waals surface area contributed by atoms with Crippen LogP contribution >= 0.6 is 11.6 Å². The number of esters is 1. The molecule has 1 heterocycles. The van der Waals surface area contributed by atoms with E-state index >= 15 is 0 Å². The number of hydrogen-bond donors (Lipinski definition) is 1. The number of nitrogens with zero attached hydrogens (tertiary/aromatic N) is 2. The number of halogens is 1. The molecule has 0 saturated carbocycles. The molecule has 5 nitrogen and oxygen atoms in total. The predicted molar refractivity (Wildman–Crippen MR) is 68.9 cm³/mol. The summed E-state index contributed by atoms with van der Waals surface area (Å²) >= 11 is 5.80. The van der Waals surface area contributed by atoms with Crippen LogP contribution in [0.5, 0.6) is 0 Å². The van der Waals surface area contributed by atoms with Gasteiger partial charge in [-0.1, -0.05) is 11.6 Å². The molecule has 1 aromatic heterocycles. The van der Waals surface area contributed by atoms with Crippen LogP contribution in [-0.2, 0) is 4.74 Å². The van der Waals surface area contributed by atoms with E-state index in [0.717, 1.165) is 5.69 Å². The van der Waals surface area contributed by atoms with Crippen molar-refractivity contribution in [3.63, 3.8) is 0 Å². The van der Waals surface area contributed by atoms with Gasteiger partial charge in [-0.2, -0.15) is 0 Å². The first-order valence-corrected chi connectivity index (χ1v) is 5.78. The van der Waals surface area contributed by atoms with Crippen LogP contribution in [-0.4, -0.2) is 22.4 Å². The maximum absolute atomic E-state index is 11.6. The second kappa shape index (κ2) is 5.10. The molecule has 0 atom stereocenters. The fourth-order valence-corrected chi connectivity index (χ4v) is 1.61. The van der Waals surface area contributed by atoms with E-state index in [1.54, 1.807) is 31.2 Å². The smallest absolute Gasteiger partial charge is 0.343 e. The average molecular weight is 266 g/mol. The maximum atomic E-state index is 11.6. The minimum Gasteiger partial charge on any atom is -0.462 e. The van der Waals surface area contributed by atoms with Crippen LogP contribution < -0.4 is 5.73 Å². The molecule has 2 rings (SSSR count). The van der Waals surface area contributed by atoms with E-state index in [9.17, 15) is 4.79 Å². The van der Waals surface area contributed by atoms with Crippen molar-refractivity contribution in [3.05, 3.63) is 41.0 Å². The number of benzene rings is 1. The Morgan fingerprint density at radius 3 is 2.72 bits per heavy atom. The summed E-state index contributed by atoms with van der Waals surface area (Å²) in [4.78, 5) is 11.6. The number of anilines is 1. The first-order chi connectivity index (χ1) is 8.61. The summed E-state index contributed by atoms with van der Waals surface area (Å²) in [6, 6.07) is 7.03. The SMILES string of the molecule is CCOC(=O)c1cn(-c2ccc(Cl)cc2)nc1N. The molecule has 18 heavy (non-hydrogen) atoms. The van der Waals surface area contributed by atoms with Crippen LogP contribution in [0.1, 0.15) is 17.3 Å². The van der Waals surface area contributed by atoms with Gasteiger partial charge >= 0.3 is 5.97 Å². The third kappa shape index (κ3) is 2.46. The number of carbonyl (C=O) groups is 1. The number of rotatable bonds is 3. The van der Waals surface area contributed by atoms with Crippen molar-refractivity contribution in [1.82, 2.24) is 9.78 Å². The number of ether oxygens (including phenoxy) is 1. The zero-order valence-corrected chi connectivity index (χ0v) is 10.5. The zero-order chi connectivity index (χ0) is 13.1. The number of carbonyl (C=O) groups excluding carboxylic acids is 1. The largest absolute Gasteiger partial charge is 0.462 e. The van der Waals surface area contributed by atoms with Gasteiger partial charge in [0.05, 0.1) is 12.3 Å². The normalized spacial score (nSPS) is 10.3. The first-order valence-electron chi connectivity index (χ1n) is 5.40. The summed E-state index contributed by atoms with van der Waals surface area (Å²) in [6.07, 6.45) is 1.54. The highest BCUT2D eigenvalue weighted by atomic mass is 35.5. The first kappa shape index (κ1) is 12.4. The monoisotopic (exact) mass is 265 g/mol. The molecular formula is C12H12ClN3O2. The zero-order valence-electron chi connectivity index (χ0n) is 9.76. The lowest BCUT2D eigenvalue weighted by molar-refractivity contribution is 0.0527. The van der Waals surface area contributed by atoms with E-state index in [0.29, 0.717) is 11.6 Å². The molecule has 0 radical (unpaired) electrons. The molecule has 2 aromatic rings. The third-order valence-electron chi connectivity index (χ3n) is 2.33. The Hall–Kier alpha value is -2.01. The van der Waals surface area contributed by atoms with Crippen molar-refractivity contribution in [3.8, 4) is 5.69 Å². The quantitative estimate of drug-likeness (QED) is 0.865. The lowest BCUT2D eigenvalue weighted by Gasteiger charge is -2.00. The van der Waals surface area contributed by atoms with Crippen LogP contribution in [0.3, 0.4) is 0 Å². The average Bonchev–Trinajstić information content (AvgIpc) is 2.72. The van der Waals surface area contributed by atoms with Crippen molar-refractivity contribution >= 4 is 23.4 Å². The van der Waals surface area contributed by atoms with Crippen LogP contribution in [0, 0.1) is 0 Å². The van der Waals surface area contributed by atoms with Crippen molar-refractivity contribution in [1.29, 1.82) is 0 Å². The van der Waals surface area contributed by atoms with Gasteiger partial charge in [0.15, 0.2) is 5.82 Å². The van der Waals surface area contributed by atoms with Crippen molar-refractivity contribution in [2.24, 2.45) is 0 Å². The van der Waals surface area contributed by atoms with Gasteiger partial charge in [0.1, 0.15) is 5.56 Å². The lowest BCUT2D eigenvalue weighted by atomic mass is 10.3. The van der Waals surface area contributed by atoms with Crippen LogP contribution in [0.25, 0.3) is 5.69 Å². The molecule has 6 heteroatoms. The summed E-state index contributed by atoms with van der Waals surface area (Å²) < 4.78 is 6.40. The van der Waals surface area contributed by atoms with Gasteiger partial charge in [0.25, 0.3) is 0 Å². The molecular weight excluding hydrogens is 254 g/mol. The Bertz CT molecular complexity index is 563. The molecule has 94 valence electrons. The summed E-state index contributed by atoms with van der Waals surface area (Å²) in [5.74, 6) is -0.335. The Balaban J connectivity index is 2.34. The standard InChI is InChI=1S/C12H12ClN3O2/c1-2-18-12(17)10-7-16(15-11(10)14)9-5-3-8(13)4-6-9/h3-7H,2H2,1H3,(H2,14,15). The molecule has 0 bridgehead atoms. The third-order valence-corrected chi connectivity index (χ3v) is 2.58. The Morgan fingerprint density at radius 2 is 2.11 bits per heavy atom. The van der Waals surface area contributed by atoms with Gasteiger partial charge < -0.3 is 10.5 Å². The minimum atomic E-state index is -0.477. The van der Waals surface area contributed by atoms with Gasteiger partial charge in [-0.25, -0.2) is 9.48 Å². The molecule has 0 spiro atoms. The van der Waals surface area contributed by atoms with Crippen molar-refractivity contribution in [2.75, 3.05) is 12.3 Å². The van der Waals surface area contributed by atoms with E-state index < -0.39 is 5.97 Å². The van der Waals surface area contributed by atoms with E-state index in [4.69, 9.17) is 22.1 Å². The summed E-state index contributed by atoms with van der Waals surface area (Å²) in [5.41, 5.74) is 6.70. The fourth-order valence-electron chi connectivity index (χ4n) is 1.48. The molecule has 0 aliphatic carbocycles. The van der Waals surface area contributed by atoms with Gasteiger partial charge in [-0.3, -0.25) is 0 Å². The van der Waals surface area contributed by atoms with Crippen LogP contribution in [0.15, 0.2) is 30.5 Å². The number of hydrogen-bond acceptors (Lipinski definition) is 4. The highest BCUT2D eigenvalue weighted by Gasteiger charge is 2.15. The lowest BCUT2D eigenvalue weighted by Crippen LogP contribution is -2.05. The number of aromatic nitrogens is 2. The number of nitrogens with two attached hydrogens (primary N) is 1. The van der Waals surface area contributed by atoms with Gasteiger partial charge in [0, 0.05) is 11.2 Å². The van der Waals surface area contributed by atoms with Crippen LogP contribution in [0.4, 0.5) is 5.82 Å². The van der Waals surface area contributed by atoms with Gasteiger partial charge in [-0.05, 0) is 31.2 Å². The second-order valence-electron chi connectivity index (χ2n) is 3.57. The predicted octanol–water partition coefficient (Wildman–Crippen LogP) is 2.28. The van der Waals surface area contributed by atoms with E-state index in [1.165, 1.54) is 10.9 Å². The highest BCUT2D eigenvalue weighted by molar-refractivity contribution is 6.30. The fraction of sp³-hybridized carbons (Fsp3) is 0.167. The van der Waals surface area contributed by atoms with Crippen molar-refractivity contribution in [2.45, 2.75) is 6.92 Å². The molecule has 0 saturated heterocycles. The topological polar surface area (TPSA) is 70.1 Å². The molecule has 2 N–H and O–H groups in total. The molecule has 0 fully saturated rings. The maximum Gasteiger partial charge on any atom is 0.343 e. The highest BCUT2D eigenvalue weighted by Crippen LogP contribution is 2.17. The van der Waals surface area contributed by atoms with E-state index in [2.05, 4.69) is 5.10 Å². The summed E-state index contributed by atoms with van der Waals surface area (Å²) in [7, 11) is 0. The summed E-state index contributed by atoms with van der Waals surface area (Å²) in [5, 5.41) is 4.69. The second-order valence-corrected chi connectivity index (χ2v) is 4.01. The number of nitrogen functional groups attached to an aromatic ring is 1. The molecule has 0 unspecified atom stereocenters. The summed E-state index contributed by atoms with van der Waals surface area (Å²) in [6.45, 7) is 2.03. The van der Waals surface area contributed by atoms with E-state index in [-0.39, 0.29) is 11.4 Å². The Morgan fingerprint density at radius 1 is 1.44 bits per heavy atom. The molecule has 0 aliphatic rings.